The Kier molecular flexibility index (Phi) is 5.01. The highest BCUT2D eigenvalue weighted by Crippen LogP contribution is 2.23. The van der Waals surface area contributed by atoms with Crippen LogP contribution in [0.5, 0.6) is 0 Å². The second kappa shape index (κ2) is 7.18. The van der Waals surface area contributed by atoms with Crippen LogP contribution in [0, 0.1) is 0 Å². The zero-order valence-corrected chi connectivity index (χ0v) is 13.9. The minimum atomic E-state index is 0.115. The number of nitrogens with two attached hydrogens (primary N) is 1. The summed E-state index contributed by atoms with van der Waals surface area (Å²) in [5.41, 5.74) is 8.48. The van der Waals surface area contributed by atoms with E-state index in [9.17, 15) is 4.79 Å². The molecule has 1 heterocycles. The summed E-state index contributed by atoms with van der Waals surface area (Å²) in [5, 5.41) is 4.38. The molecule has 4 nitrogen and oxygen atoms in total. The third kappa shape index (κ3) is 3.75. The molecule has 1 aromatic heterocycles. The molecule has 1 atom stereocenters. The molecule has 0 bridgehead atoms. The normalized spacial score (nSPS) is 16.8. The molecule has 1 amide bonds. The van der Waals surface area contributed by atoms with Crippen molar-refractivity contribution in [1.29, 1.82) is 0 Å². The van der Waals surface area contributed by atoms with E-state index in [1.165, 1.54) is 23.8 Å². The van der Waals surface area contributed by atoms with Gasteiger partial charge in [-0.15, -0.1) is 0 Å². The van der Waals surface area contributed by atoms with Gasteiger partial charge in [0.2, 0.25) is 5.91 Å². The number of carbonyl (C=O) groups excluding carboxylic acids is 1. The Morgan fingerprint density at radius 1 is 1.35 bits per heavy atom. The van der Waals surface area contributed by atoms with Crippen LogP contribution in [-0.4, -0.2) is 22.6 Å². The molecule has 4 heteroatoms. The number of amides is 1. The quantitative estimate of drug-likeness (QED) is 0.861. The van der Waals surface area contributed by atoms with Crippen molar-refractivity contribution < 1.29 is 4.79 Å². The maximum atomic E-state index is 12.3. The van der Waals surface area contributed by atoms with Gasteiger partial charge in [0.1, 0.15) is 6.54 Å². The van der Waals surface area contributed by atoms with Crippen molar-refractivity contribution in [1.82, 2.24) is 9.88 Å². The molecule has 1 aliphatic carbocycles. The zero-order valence-electron chi connectivity index (χ0n) is 13.9. The van der Waals surface area contributed by atoms with Crippen molar-refractivity contribution in [2.45, 2.75) is 64.1 Å². The number of rotatable bonds is 6. The molecular weight excluding hydrogens is 286 g/mol. The Labute approximate surface area is 138 Å². The molecule has 0 radical (unpaired) electrons. The van der Waals surface area contributed by atoms with Gasteiger partial charge in [-0.3, -0.25) is 4.79 Å². The van der Waals surface area contributed by atoms with E-state index in [2.05, 4.69) is 35.1 Å². The fourth-order valence-corrected chi connectivity index (χ4v) is 3.54. The molecule has 0 saturated heterocycles. The molecule has 1 aliphatic rings. The summed E-state index contributed by atoms with van der Waals surface area (Å²) >= 11 is 0. The summed E-state index contributed by atoms with van der Waals surface area (Å²) in [6, 6.07) is 8.82. The zero-order chi connectivity index (χ0) is 16.2. The second-order valence-corrected chi connectivity index (χ2v) is 6.72. The number of fused-ring (bicyclic) bond motifs is 1. The van der Waals surface area contributed by atoms with Gasteiger partial charge in [0.15, 0.2) is 0 Å². The van der Waals surface area contributed by atoms with E-state index in [1.807, 2.05) is 12.1 Å². The van der Waals surface area contributed by atoms with Gasteiger partial charge in [-0.2, -0.15) is 0 Å². The van der Waals surface area contributed by atoms with Crippen LogP contribution < -0.4 is 11.1 Å². The maximum Gasteiger partial charge on any atom is 0.240 e. The largest absolute Gasteiger partial charge is 0.352 e. The second-order valence-electron chi connectivity index (χ2n) is 6.72. The number of benzene rings is 1. The van der Waals surface area contributed by atoms with E-state index < -0.39 is 0 Å². The molecule has 1 fully saturated rings. The lowest BCUT2D eigenvalue weighted by molar-refractivity contribution is -0.122. The van der Waals surface area contributed by atoms with E-state index in [-0.39, 0.29) is 11.9 Å². The minimum absolute atomic E-state index is 0.115. The van der Waals surface area contributed by atoms with E-state index in [0.717, 1.165) is 31.2 Å². The van der Waals surface area contributed by atoms with Crippen LogP contribution in [0.15, 0.2) is 30.5 Å². The van der Waals surface area contributed by atoms with Gasteiger partial charge >= 0.3 is 0 Å². The van der Waals surface area contributed by atoms with Gasteiger partial charge < -0.3 is 15.6 Å². The van der Waals surface area contributed by atoms with Crippen LogP contribution in [0.1, 0.15) is 44.6 Å². The van der Waals surface area contributed by atoms with Crippen LogP contribution in [0.25, 0.3) is 10.9 Å². The smallest absolute Gasteiger partial charge is 0.240 e. The lowest BCUT2D eigenvalue weighted by Crippen LogP contribution is -2.35. The number of para-hydroxylation sites is 1. The van der Waals surface area contributed by atoms with Crippen LogP contribution in [0.3, 0.4) is 0 Å². The summed E-state index contributed by atoms with van der Waals surface area (Å²) in [5.74, 6) is 0.115. The SMILES string of the molecule is CCC(N)Cc1cn(CC(=O)NC2CCCC2)c2ccccc12. The average Bonchev–Trinajstić information content (AvgIpc) is 3.16. The lowest BCUT2D eigenvalue weighted by atomic mass is 10.0. The van der Waals surface area contributed by atoms with Crippen molar-refractivity contribution in [2.75, 3.05) is 0 Å². The fourth-order valence-electron chi connectivity index (χ4n) is 3.54. The van der Waals surface area contributed by atoms with Crippen molar-refractivity contribution in [3.63, 3.8) is 0 Å². The molecule has 23 heavy (non-hydrogen) atoms. The van der Waals surface area contributed by atoms with Gasteiger partial charge in [-0.25, -0.2) is 0 Å². The average molecular weight is 313 g/mol. The highest BCUT2D eigenvalue weighted by Gasteiger charge is 2.18. The molecular formula is C19H27N3O. The molecule has 124 valence electrons. The molecule has 1 unspecified atom stereocenters. The first kappa shape index (κ1) is 16.1. The molecule has 0 spiro atoms. The Morgan fingerprint density at radius 2 is 2.09 bits per heavy atom. The fraction of sp³-hybridized carbons (Fsp3) is 0.526. The third-order valence-corrected chi connectivity index (χ3v) is 4.91. The molecule has 1 aromatic carbocycles. The number of carbonyl (C=O) groups is 1. The summed E-state index contributed by atoms with van der Waals surface area (Å²) in [7, 11) is 0. The van der Waals surface area contributed by atoms with E-state index in [4.69, 9.17) is 5.73 Å². The number of hydrogen-bond donors (Lipinski definition) is 2. The highest BCUT2D eigenvalue weighted by atomic mass is 16.2. The number of nitrogens with one attached hydrogen (secondary N) is 1. The Bertz CT molecular complexity index is 670. The van der Waals surface area contributed by atoms with Gasteiger partial charge in [-0.1, -0.05) is 38.0 Å². The monoisotopic (exact) mass is 313 g/mol. The van der Waals surface area contributed by atoms with Crippen LogP contribution in [-0.2, 0) is 17.8 Å². The minimum Gasteiger partial charge on any atom is -0.352 e. The van der Waals surface area contributed by atoms with Crippen LogP contribution >= 0.6 is 0 Å². The number of hydrogen-bond acceptors (Lipinski definition) is 2. The molecule has 3 N–H and O–H groups in total. The van der Waals surface area contributed by atoms with Crippen molar-refractivity contribution >= 4 is 16.8 Å². The summed E-state index contributed by atoms with van der Waals surface area (Å²) in [4.78, 5) is 12.3. The Balaban J connectivity index is 1.78. The van der Waals surface area contributed by atoms with Gasteiger partial charge in [0.25, 0.3) is 0 Å². The maximum absolute atomic E-state index is 12.3. The van der Waals surface area contributed by atoms with Crippen LogP contribution in [0.2, 0.25) is 0 Å². The van der Waals surface area contributed by atoms with Gasteiger partial charge in [0.05, 0.1) is 0 Å². The molecule has 1 saturated carbocycles. The highest BCUT2D eigenvalue weighted by molar-refractivity contribution is 5.86. The van der Waals surface area contributed by atoms with Crippen LogP contribution in [0.4, 0.5) is 0 Å². The van der Waals surface area contributed by atoms with Crippen molar-refractivity contribution in [2.24, 2.45) is 5.73 Å². The van der Waals surface area contributed by atoms with Crippen molar-refractivity contribution in [3.05, 3.63) is 36.0 Å². The van der Waals surface area contributed by atoms with Gasteiger partial charge in [-0.05, 0) is 37.3 Å². The molecule has 2 aromatic rings. The predicted octanol–water partition coefficient (Wildman–Crippen LogP) is 2.98. The van der Waals surface area contributed by atoms with E-state index in [1.54, 1.807) is 0 Å². The Morgan fingerprint density at radius 3 is 2.83 bits per heavy atom. The molecule has 3 rings (SSSR count). The topological polar surface area (TPSA) is 60.0 Å². The molecule has 0 aliphatic heterocycles. The lowest BCUT2D eigenvalue weighted by Gasteiger charge is -2.12. The van der Waals surface area contributed by atoms with E-state index >= 15 is 0 Å². The number of nitrogens with zero attached hydrogens (tertiary/aromatic N) is 1. The summed E-state index contributed by atoms with van der Waals surface area (Å²) in [6.07, 6.45) is 8.63. The summed E-state index contributed by atoms with van der Waals surface area (Å²) in [6.45, 7) is 2.50. The van der Waals surface area contributed by atoms with Crippen molar-refractivity contribution in [3.8, 4) is 0 Å². The first-order chi connectivity index (χ1) is 11.2. The number of aromatic nitrogens is 1. The summed E-state index contributed by atoms with van der Waals surface area (Å²) < 4.78 is 2.07. The van der Waals surface area contributed by atoms with Gasteiger partial charge in [0, 0.05) is 29.2 Å². The standard InChI is InChI=1S/C19H27N3O/c1-2-15(20)11-14-12-22(18-10-6-5-9-17(14)18)13-19(23)21-16-7-3-4-8-16/h5-6,9-10,12,15-16H,2-4,7-8,11,13,20H2,1H3,(H,21,23). The first-order valence-electron chi connectivity index (χ1n) is 8.79. The van der Waals surface area contributed by atoms with E-state index in [0.29, 0.717) is 12.6 Å². The predicted molar refractivity (Wildman–Crippen MR) is 94.3 cm³/mol. The third-order valence-electron chi connectivity index (χ3n) is 4.91. The Hall–Kier alpha value is -1.81. The first-order valence-corrected chi connectivity index (χ1v) is 8.79.